The molecule has 0 atom stereocenters. The molecule has 30 heavy (non-hydrogen) atoms. The van der Waals surface area contributed by atoms with Crippen LogP contribution in [0.1, 0.15) is 86.1 Å². The number of nitrogens with zero attached hydrogens (tertiary/aromatic N) is 1. The molecule has 168 valence electrons. The largest absolute Gasteiger partial charge is 0.493 e. The molecule has 1 aromatic heterocycles. The first kappa shape index (κ1) is 25.4. The number of amides is 1. The van der Waals surface area contributed by atoms with Crippen molar-refractivity contribution >= 4 is 17.8 Å². The summed E-state index contributed by atoms with van der Waals surface area (Å²) in [6.07, 6.45) is 9.27. The van der Waals surface area contributed by atoms with Gasteiger partial charge in [0.15, 0.2) is 11.4 Å². The summed E-state index contributed by atoms with van der Waals surface area (Å²) in [5.74, 6) is -1.72. The van der Waals surface area contributed by atoms with E-state index in [0.29, 0.717) is 13.2 Å². The fourth-order valence-corrected chi connectivity index (χ4v) is 2.75. The molecule has 1 amide bonds. The van der Waals surface area contributed by atoms with E-state index in [2.05, 4.69) is 24.1 Å². The highest BCUT2D eigenvalue weighted by Crippen LogP contribution is 2.23. The standard InChI is InChI=1S/C22H34N2O6/c1-4-6-8-10-14-29-18(25)16-24-21(26)19-20(28-3)17(12-13-23-19)22(27)30-15-11-9-7-5-2/h12-13H,4-11,14-16H2,1-3H3,(H,24,26). The molecule has 1 aromatic rings. The third-order valence-corrected chi connectivity index (χ3v) is 4.43. The monoisotopic (exact) mass is 422 g/mol. The van der Waals surface area contributed by atoms with Gasteiger partial charge in [-0.25, -0.2) is 9.78 Å². The Kier molecular flexibility index (Phi) is 12.9. The van der Waals surface area contributed by atoms with E-state index < -0.39 is 17.8 Å². The van der Waals surface area contributed by atoms with Crippen molar-refractivity contribution in [2.75, 3.05) is 26.9 Å². The summed E-state index contributed by atoms with van der Waals surface area (Å²) in [7, 11) is 1.34. The molecule has 8 nitrogen and oxygen atoms in total. The van der Waals surface area contributed by atoms with Gasteiger partial charge in [-0.3, -0.25) is 9.59 Å². The van der Waals surface area contributed by atoms with E-state index >= 15 is 0 Å². The van der Waals surface area contributed by atoms with Crippen LogP contribution >= 0.6 is 0 Å². The molecular weight excluding hydrogens is 388 g/mol. The number of nitrogens with one attached hydrogen (secondary N) is 1. The van der Waals surface area contributed by atoms with E-state index in [0.717, 1.165) is 51.4 Å². The quantitative estimate of drug-likeness (QED) is 0.340. The molecule has 0 bridgehead atoms. The van der Waals surface area contributed by atoms with Crippen molar-refractivity contribution in [1.29, 1.82) is 0 Å². The molecule has 0 aromatic carbocycles. The Hall–Kier alpha value is -2.64. The number of unbranched alkanes of at least 4 members (excludes halogenated alkanes) is 6. The zero-order valence-corrected chi connectivity index (χ0v) is 18.3. The lowest BCUT2D eigenvalue weighted by atomic mass is 10.2. The molecule has 1 N–H and O–H groups in total. The van der Waals surface area contributed by atoms with E-state index in [1.165, 1.54) is 19.4 Å². The lowest BCUT2D eigenvalue weighted by Gasteiger charge is -2.12. The van der Waals surface area contributed by atoms with Crippen molar-refractivity contribution in [2.24, 2.45) is 0 Å². The van der Waals surface area contributed by atoms with Crippen LogP contribution < -0.4 is 10.1 Å². The highest BCUT2D eigenvalue weighted by molar-refractivity contribution is 6.01. The molecule has 0 fully saturated rings. The lowest BCUT2D eigenvalue weighted by molar-refractivity contribution is -0.142. The smallest absolute Gasteiger partial charge is 0.342 e. The highest BCUT2D eigenvalue weighted by atomic mass is 16.5. The summed E-state index contributed by atoms with van der Waals surface area (Å²) in [5, 5.41) is 2.45. The lowest BCUT2D eigenvalue weighted by Crippen LogP contribution is -2.32. The molecule has 0 radical (unpaired) electrons. The van der Waals surface area contributed by atoms with E-state index in [1.54, 1.807) is 0 Å². The summed E-state index contributed by atoms with van der Waals surface area (Å²) in [5.41, 5.74) is 0.0281. The van der Waals surface area contributed by atoms with Gasteiger partial charge in [-0.15, -0.1) is 0 Å². The number of pyridine rings is 1. The maximum Gasteiger partial charge on any atom is 0.342 e. The Labute approximate surface area is 178 Å². The Balaban J connectivity index is 2.60. The van der Waals surface area contributed by atoms with Crippen LogP contribution in [0.4, 0.5) is 0 Å². The zero-order valence-electron chi connectivity index (χ0n) is 18.3. The minimum absolute atomic E-state index is 0.0153. The number of carbonyl (C=O) groups excluding carboxylic acids is 3. The fourth-order valence-electron chi connectivity index (χ4n) is 2.75. The van der Waals surface area contributed by atoms with Gasteiger partial charge in [0.25, 0.3) is 5.91 Å². The number of hydrogen-bond donors (Lipinski definition) is 1. The van der Waals surface area contributed by atoms with Crippen molar-refractivity contribution in [2.45, 2.75) is 65.2 Å². The summed E-state index contributed by atoms with van der Waals surface area (Å²) in [6.45, 7) is 4.55. The van der Waals surface area contributed by atoms with Gasteiger partial charge in [-0.2, -0.15) is 0 Å². The molecule has 8 heteroatoms. The number of aromatic nitrogens is 1. The van der Waals surface area contributed by atoms with Gasteiger partial charge in [0.1, 0.15) is 12.1 Å². The zero-order chi connectivity index (χ0) is 22.2. The predicted molar refractivity (Wildman–Crippen MR) is 113 cm³/mol. The number of ether oxygens (including phenoxy) is 3. The number of carbonyl (C=O) groups is 3. The number of methoxy groups -OCH3 is 1. The minimum Gasteiger partial charge on any atom is -0.493 e. The van der Waals surface area contributed by atoms with Crippen molar-refractivity contribution in [1.82, 2.24) is 10.3 Å². The SMILES string of the molecule is CCCCCCOC(=O)CNC(=O)c1nccc(C(=O)OCCCCCC)c1OC. The first-order valence-corrected chi connectivity index (χ1v) is 10.7. The maximum atomic E-state index is 12.4. The predicted octanol–water partition coefficient (Wildman–Crippen LogP) is 3.68. The molecule has 1 heterocycles. The van der Waals surface area contributed by atoms with Crippen LogP contribution in [-0.4, -0.2) is 49.7 Å². The van der Waals surface area contributed by atoms with Gasteiger partial charge >= 0.3 is 11.9 Å². The average Bonchev–Trinajstić information content (AvgIpc) is 2.76. The Morgan fingerprint density at radius 2 is 1.57 bits per heavy atom. The van der Waals surface area contributed by atoms with Gasteiger partial charge in [0.2, 0.25) is 0 Å². The van der Waals surface area contributed by atoms with Gasteiger partial charge in [-0.1, -0.05) is 52.4 Å². The number of esters is 2. The fraction of sp³-hybridized carbons (Fsp3) is 0.636. The summed E-state index contributed by atoms with van der Waals surface area (Å²) in [4.78, 5) is 40.6. The molecule has 0 aliphatic heterocycles. The molecule has 0 unspecified atom stereocenters. The second-order valence-electron chi connectivity index (χ2n) is 6.90. The van der Waals surface area contributed by atoms with E-state index in [-0.39, 0.29) is 23.6 Å². The summed E-state index contributed by atoms with van der Waals surface area (Å²) < 4.78 is 15.6. The van der Waals surface area contributed by atoms with Gasteiger partial charge in [0.05, 0.1) is 20.3 Å². The minimum atomic E-state index is -0.632. The number of hydrogen-bond acceptors (Lipinski definition) is 7. The van der Waals surface area contributed by atoms with Crippen molar-refractivity contribution in [3.05, 3.63) is 23.5 Å². The summed E-state index contributed by atoms with van der Waals surface area (Å²) in [6, 6.07) is 1.44. The first-order chi connectivity index (χ1) is 14.5. The molecule has 0 aliphatic rings. The topological polar surface area (TPSA) is 104 Å². The van der Waals surface area contributed by atoms with Crippen LogP contribution in [0.15, 0.2) is 12.3 Å². The van der Waals surface area contributed by atoms with Crippen LogP contribution in [-0.2, 0) is 14.3 Å². The van der Waals surface area contributed by atoms with Crippen LogP contribution in [0.3, 0.4) is 0 Å². The molecule has 1 rings (SSSR count). The third-order valence-electron chi connectivity index (χ3n) is 4.43. The Bertz CT molecular complexity index is 678. The highest BCUT2D eigenvalue weighted by Gasteiger charge is 2.23. The van der Waals surface area contributed by atoms with Crippen molar-refractivity contribution in [3.8, 4) is 5.75 Å². The van der Waals surface area contributed by atoms with Crippen LogP contribution in [0.5, 0.6) is 5.75 Å². The Morgan fingerprint density at radius 3 is 2.17 bits per heavy atom. The second-order valence-corrected chi connectivity index (χ2v) is 6.90. The van der Waals surface area contributed by atoms with Crippen LogP contribution in [0, 0.1) is 0 Å². The van der Waals surface area contributed by atoms with Gasteiger partial charge in [0, 0.05) is 6.20 Å². The number of rotatable bonds is 15. The second kappa shape index (κ2) is 15.2. The van der Waals surface area contributed by atoms with E-state index in [4.69, 9.17) is 14.2 Å². The van der Waals surface area contributed by atoms with Crippen LogP contribution in [0.25, 0.3) is 0 Å². The molecular formula is C22H34N2O6. The molecule has 0 saturated heterocycles. The van der Waals surface area contributed by atoms with Crippen molar-refractivity contribution in [3.63, 3.8) is 0 Å². The summed E-state index contributed by atoms with van der Waals surface area (Å²) >= 11 is 0. The molecule has 0 aliphatic carbocycles. The van der Waals surface area contributed by atoms with Gasteiger partial charge in [-0.05, 0) is 18.9 Å². The van der Waals surface area contributed by atoms with E-state index in [1.807, 2.05) is 0 Å². The first-order valence-electron chi connectivity index (χ1n) is 10.7. The van der Waals surface area contributed by atoms with Crippen LogP contribution in [0.2, 0.25) is 0 Å². The van der Waals surface area contributed by atoms with Gasteiger partial charge < -0.3 is 19.5 Å². The third kappa shape index (κ3) is 9.24. The van der Waals surface area contributed by atoms with E-state index in [9.17, 15) is 14.4 Å². The molecule has 0 spiro atoms. The maximum absolute atomic E-state index is 12.4. The molecule has 0 saturated carbocycles. The Morgan fingerprint density at radius 1 is 0.933 bits per heavy atom. The normalized spacial score (nSPS) is 10.4. The van der Waals surface area contributed by atoms with Crippen molar-refractivity contribution < 1.29 is 28.6 Å². The average molecular weight is 423 g/mol.